The molecule has 1 aliphatic rings. The first-order valence-corrected chi connectivity index (χ1v) is 5.98. The third-order valence-electron chi connectivity index (χ3n) is 2.98. The second kappa shape index (κ2) is 5.29. The SMILES string of the molecule is Cc1cccc(NC(=O)CN2CC[C@H](N)C2)c1. The van der Waals surface area contributed by atoms with Crippen LogP contribution in [0, 0.1) is 6.92 Å². The monoisotopic (exact) mass is 233 g/mol. The maximum atomic E-state index is 11.8. The molecule has 0 radical (unpaired) electrons. The highest BCUT2D eigenvalue weighted by molar-refractivity contribution is 5.92. The maximum Gasteiger partial charge on any atom is 0.238 e. The van der Waals surface area contributed by atoms with Crippen LogP contribution >= 0.6 is 0 Å². The number of aryl methyl sites for hydroxylation is 1. The van der Waals surface area contributed by atoms with Crippen molar-refractivity contribution < 1.29 is 4.79 Å². The van der Waals surface area contributed by atoms with Crippen molar-refractivity contribution in [3.05, 3.63) is 29.8 Å². The zero-order chi connectivity index (χ0) is 12.3. The molecule has 0 saturated carbocycles. The van der Waals surface area contributed by atoms with E-state index in [4.69, 9.17) is 5.73 Å². The maximum absolute atomic E-state index is 11.8. The molecule has 1 fully saturated rings. The van der Waals surface area contributed by atoms with Gasteiger partial charge in [0.1, 0.15) is 0 Å². The van der Waals surface area contributed by atoms with Crippen molar-refractivity contribution in [1.29, 1.82) is 0 Å². The van der Waals surface area contributed by atoms with Gasteiger partial charge < -0.3 is 11.1 Å². The fraction of sp³-hybridized carbons (Fsp3) is 0.462. The van der Waals surface area contributed by atoms with E-state index >= 15 is 0 Å². The molecule has 17 heavy (non-hydrogen) atoms. The number of rotatable bonds is 3. The number of hydrogen-bond acceptors (Lipinski definition) is 3. The van der Waals surface area contributed by atoms with E-state index in [1.807, 2.05) is 31.2 Å². The molecule has 92 valence electrons. The van der Waals surface area contributed by atoms with E-state index in [-0.39, 0.29) is 11.9 Å². The van der Waals surface area contributed by atoms with Crippen LogP contribution in [0.3, 0.4) is 0 Å². The highest BCUT2D eigenvalue weighted by Crippen LogP contribution is 2.10. The highest BCUT2D eigenvalue weighted by Gasteiger charge is 2.20. The van der Waals surface area contributed by atoms with Crippen LogP contribution in [0.1, 0.15) is 12.0 Å². The van der Waals surface area contributed by atoms with Crippen LogP contribution in [-0.4, -0.2) is 36.5 Å². The predicted molar refractivity (Wildman–Crippen MR) is 68.8 cm³/mol. The summed E-state index contributed by atoms with van der Waals surface area (Å²) in [4.78, 5) is 13.9. The van der Waals surface area contributed by atoms with E-state index in [2.05, 4.69) is 10.2 Å². The molecule has 4 nitrogen and oxygen atoms in total. The van der Waals surface area contributed by atoms with Gasteiger partial charge in [0.15, 0.2) is 0 Å². The summed E-state index contributed by atoms with van der Waals surface area (Å²) in [5.74, 6) is 0.0321. The third-order valence-corrected chi connectivity index (χ3v) is 2.98. The number of anilines is 1. The Morgan fingerprint density at radius 2 is 2.41 bits per heavy atom. The zero-order valence-electron chi connectivity index (χ0n) is 10.1. The average molecular weight is 233 g/mol. The Hall–Kier alpha value is -1.39. The standard InChI is InChI=1S/C13H19N3O/c1-10-3-2-4-12(7-10)15-13(17)9-16-6-5-11(14)8-16/h2-4,7,11H,5-6,8-9,14H2,1H3,(H,15,17)/t11-/m0/s1. The summed E-state index contributed by atoms with van der Waals surface area (Å²) >= 11 is 0. The van der Waals surface area contributed by atoms with Crippen molar-refractivity contribution in [2.24, 2.45) is 5.73 Å². The molecule has 0 aliphatic carbocycles. The van der Waals surface area contributed by atoms with Crippen molar-refractivity contribution in [2.75, 3.05) is 25.0 Å². The van der Waals surface area contributed by atoms with Crippen LogP contribution in [0.15, 0.2) is 24.3 Å². The summed E-state index contributed by atoms with van der Waals surface area (Å²) in [5.41, 5.74) is 7.80. The lowest BCUT2D eigenvalue weighted by molar-refractivity contribution is -0.117. The van der Waals surface area contributed by atoms with E-state index in [9.17, 15) is 4.79 Å². The Labute approximate surface area is 102 Å². The Balaban J connectivity index is 1.85. The molecule has 3 N–H and O–H groups in total. The van der Waals surface area contributed by atoms with Gasteiger partial charge in [-0.25, -0.2) is 0 Å². The minimum atomic E-state index is 0.0321. The number of carbonyl (C=O) groups excluding carboxylic acids is 1. The summed E-state index contributed by atoms with van der Waals surface area (Å²) in [6, 6.07) is 8.04. The second-order valence-corrected chi connectivity index (χ2v) is 4.70. The molecular formula is C13H19N3O. The van der Waals surface area contributed by atoms with Gasteiger partial charge in [0.2, 0.25) is 5.91 Å². The van der Waals surface area contributed by atoms with E-state index in [0.29, 0.717) is 6.54 Å². The molecule has 1 aliphatic heterocycles. The van der Waals surface area contributed by atoms with Gasteiger partial charge in [0, 0.05) is 24.8 Å². The number of nitrogens with one attached hydrogen (secondary N) is 1. The van der Waals surface area contributed by atoms with Crippen molar-refractivity contribution in [2.45, 2.75) is 19.4 Å². The van der Waals surface area contributed by atoms with Crippen molar-refractivity contribution in [3.63, 3.8) is 0 Å². The lowest BCUT2D eigenvalue weighted by atomic mass is 10.2. The Bertz CT molecular complexity index is 405. The molecule has 4 heteroatoms. The summed E-state index contributed by atoms with van der Waals surface area (Å²) in [6.07, 6.45) is 0.984. The molecule has 1 amide bonds. The van der Waals surface area contributed by atoms with E-state index in [1.54, 1.807) is 0 Å². The van der Waals surface area contributed by atoms with Gasteiger partial charge in [-0.05, 0) is 31.0 Å². The van der Waals surface area contributed by atoms with Crippen LogP contribution in [0.5, 0.6) is 0 Å². The molecule has 1 saturated heterocycles. The van der Waals surface area contributed by atoms with Crippen LogP contribution < -0.4 is 11.1 Å². The molecule has 1 aromatic carbocycles. The van der Waals surface area contributed by atoms with Gasteiger partial charge in [-0.2, -0.15) is 0 Å². The summed E-state index contributed by atoms with van der Waals surface area (Å²) in [7, 11) is 0. The molecule has 0 aromatic heterocycles. The highest BCUT2D eigenvalue weighted by atomic mass is 16.2. The number of carbonyl (C=O) groups is 1. The molecule has 0 spiro atoms. The number of nitrogens with two attached hydrogens (primary N) is 1. The van der Waals surface area contributed by atoms with E-state index in [0.717, 1.165) is 30.8 Å². The lowest BCUT2D eigenvalue weighted by Crippen LogP contribution is -2.33. The summed E-state index contributed by atoms with van der Waals surface area (Å²) in [6.45, 7) is 4.18. The lowest BCUT2D eigenvalue weighted by Gasteiger charge is -2.14. The summed E-state index contributed by atoms with van der Waals surface area (Å²) in [5, 5.41) is 2.90. The Morgan fingerprint density at radius 3 is 3.06 bits per heavy atom. The number of likely N-dealkylation sites (tertiary alicyclic amines) is 1. The van der Waals surface area contributed by atoms with Gasteiger partial charge in [-0.1, -0.05) is 12.1 Å². The van der Waals surface area contributed by atoms with Crippen LogP contribution in [0.25, 0.3) is 0 Å². The molecule has 0 unspecified atom stereocenters. The van der Waals surface area contributed by atoms with Gasteiger partial charge in [0.05, 0.1) is 6.54 Å². The van der Waals surface area contributed by atoms with Crippen LogP contribution in [0.4, 0.5) is 5.69 Å². The van der Waals surface area contributed by atoms with Gasteiger partial charge in [0.25, 0.3) is 0 Å². The van der Waals surface area contributed by atoms with Crippen LogP contribution in [-0.2, 0) is 4.79 Å². The first-order valence-electron chi connectivity index (χ1n) is 5.98. The largest absolute Gasteiger partial charge is 0.326 e. The first kappa shape index (κ1) is 12.1. The van der Waals surface area contributed by atoms with Crippen molar-refractivity contribution in [3.8, 4) is 0 Å². The second-order valence-electron chi connectivity index (χ2n) is 4.70. The van der Waals surface area contributed by atoms with E-state index in [1.165, 1.54) is 0 Å². The smallest absolute Gasteiger partial charge is 0.238 e. The molecule has 2 rings (SSSR count). The molecule has 1 aromatic rings. The topological polar surface area (TPSA) is 58.4 Å². The Morgan fingerprint density at radius 1 is 1.59 bits per heavy atom. The fourth-order valence-corrected chi connectivity index (χ4v) is 2.13. The Kier molecular flexibility index (Phi) is 3.76. The predicted octanol–water partition coefficient (Wildman–Crippen LogP) is 0.967. The first-order chi connectivity index (χ1) is 8.13. The zero-order valence-corrected chi connectivity index (χ0v) is 10.1. The van der Waals surface area contributed by atoms with Crippen molar-refractivity contribution in [1.82, 2.24) is 4.90 Å². The minimum Gasteiger partial charge on any atom is -0.326 e. The molecular weight excluding hydrogens is 214 g/mol. The minimum absolute atomic E-state index is 0.0321. The van der Waals surface area contributed by atoms with Crippen LogP contribution in [0.2, 0.25) is 0 Å². The van der Waals surface area contributed by atoms with Gasteiger partial charge in [-0.3, -0.25) is 9.69 Å². The molecule has 0 bridgehead atoms. The molecule has 1 heterocycles. The quantitative estimate of drug-likeness (QED) is 0.817. The number of hydrogen-bond donors (Lipinski definition) is 2. The average Bonchev–Trinajstić information content (AvgIpc) is 2.63. The number of nitrogens with zero attached hydrogens (tertiary/aromatic N) is 1. The van der Waals surface area contributed by atoms with E-state index < -0.39 is 0 Å². The van der Waals surface area contributed by atoms with Gasteiger partial charge >= 0.3 is 0 Å². The normalized spacial score (nSPS) is 20.5. The number of benzene rings is 1. The summed E-state index contributed by atoms with van der Waals surface area (Å²) < 4.78 is 0. The van der Waals surface area contributed by atoms with Crippen molar-refractivity contribution >= 4 is 11.6 Å². The fourth-order valence-electron chi connectivity index (χ4n) is 2.13. The molecule has 1 atom stereocenters. The van der Waals surface area contributed by atoms with Gasteiger partial charge in [-0.15, -0.1) is 0 Å². The number of amides is 1. The third kappa shape index (κ3) is 3.54.